The van der Waals surface area contributed by atoms with E-state index < -0.39 is 0 Å². The first kappa shape index (κ1) is 15.9. The summed E-state index contributed by atoms with van der Waals surface area (Å²) in [6, 6.07) is 13.7. The van der Waals surface area contributed by atoms with Crippen LogP contribution >= 0.6 is 27.5 Å². The van der Waals surface area contributed by atoms with Crippen molar-refractivity contribution >= 4 is 27.5 Å². The van der Waals surface area contributed by atoms with Crippen molar-refractivity contribution in [3.05, 3.63) is 64.0 Å². The molecule has 23 heavy (non-hydrogen) atoms. The zero-order valence-electron chi connectivity index (χ0n) is 12.4. The Morgan fingerprint density at radius 2 is 2.13 bits per heavy atom. The second kappa shape index (κ2) is 6.61. The number of halogens is 2. The van der Waals surface area contributed by atoms with E-state index in [1.807, 2.05) is 41.3 Å². The van der Waals surface area contributed by atoms with Crippen molar-refractivity contribution in [3.8, 4) is 17.3 Å². The Kier molecular flexibility index (Phi) is 4.56. The van der Waals surface area contributed by atoms with E-state index in [0.717, 1.165) is 22.4 Å². The maximum atomic E-state index is 8.94. The first-order valence-corrected chi connectivity index (χ1v) is 8.31. The summed E-state index contributed by atoms with van der Waals surface area (Å²) in [5.74, 6) is 0. The molecule has 0 saturated heterocycles. The second-order valence-electron chi connectivity index (χ2n) is 5.32. The molecule has 1 aromatic carbocycles. The third-order valence-corrected chi connectivity index (χ3v) is 4.67. The number of rotatable bonds is 4. The number of aromatic nitrogens is 3. The molecule has 0 radical (unpaired) electrons. The van der Waals surface area contributed by atoms with Crippen LogP contribution in [0.5, 0.6) is 0 Å². The highest BCUT2D eigenvalue weighted by Crippen LogP contribution is 2.25. The molecular weight excluding hydrogens is 376 g/mol. The summed E-state index contributed by atoms with van der Waals surface area (Å²) in [7, 11) is 0. The Morgan fingerprint density at radius 1 is 1.30 bits per heavy atom. The lowest BCUT2D eigenvalue weighted by Gasteiger charge is -2.15. The van der Waals surface area contributed by atoms with Crippen LogP contribution in [0, 0.1) is 11.3 Å². The van der Waals surface area contributed by atoms with E-state index in [-0.39, 0.29) is 6.04 Å². The molecule has 1 atom stereocenters. The summed E-state index contributed by atoms with van der Waals surface area (Å²) in [4.78, 5) is 0. The zero-order chi connectivity index (χ0) is 16.4. The molecule has 0 bridgehead atoms. The molecule has 0 aliphatic rings. The molecule has 116 valence electrons. The van der Waals surface area contributed by atoms with Crippen molar-refractivity contribution in [1.82, 2.24) is 14.3 Å². The molecule has 0 unspecified atom stereocenters. The van der Waals surface area contributed by atoms with E-state index in [2.05, 4.69) is 38.6 Å². The Labute approximate surface area is 148 Å². The summed E-state index contributed by atoms with van der Waals surface area (Å²) in [6.07, 6.45) is 3.99. The van der Waals surface area contributed by atoms with E-state index in [1.165, 1.54) is 0 Å². The molecule has 0 N–H and O–H groups in total. The van der Waals surface area contributed by atoms with E-state index in [4.69, 9.17) is 16.9 Å². The summed E-state index contributed by atoms with van der Waals surface area (Å²) < 4.78 is 5.12. The first-order chi connectivity index (χ1) is 11.1. The van der Waals surface area contributed by atoms with Gasteiger partial charge in [-0.15, -0.1) is 0 Å². The fraction of sp³-hybridized carbons (Fsp3) is 0.176. The molecule has 0 aliphatic heterocycles. The largest absolute Gasteiger partial charge is 0.338 e. The smallest absolute Gasteiger partial charge is 0.101 e. The Balaban J connectivity index is 1.80. The molecule has 3 rings (SSSR count). The highest BCUT2D eigenvalue weighted by Gasteiger charge is 2.10. The predicted octanol–water partition coefficient (Wildman–Crippen LogP) is 4.90. The van der Waals surface area contributed by atoms with Gasteiger partial charge in [-0.2, -0.15) is 10.4 Å². The molecule has 0 amide bonds. The van der Waals surface area contributed by atoms with Crippen LogP contribution in [-0.2, 0) is 6.54 Å². The Bertz CT molecular complexity index is 875. The summed E-state index contributed by atoms with van der Waals surface area (Å²) in [5.41, 5.74) is 2.22. The van der Waals surface area contributed by atoms with E-state index in [0.29, 0.717) is 10.6 Å². The van der Waals surface area contributed by atoms with Crippen molar-refractivity contribution < 1.29 is 0 Å². The lowest BCUT2D eigenvalue weighted by atomic mass is 10.1. The summed E-state index contributed by atoms with van der Waals surface area (Å²) in [6.45, 7) is 2.90. The molecule has 3 aromatic rings. The molecule has 4 nitrogen and oxygen atoms in total. The van der Waals surface area contributed by atoms with E-state index in [1.54, 1.807) is 12.1 Å². The van der Waals surface area contributed by atoms with Crippen LogP contribution in [0.15, 0.2) is 53.4 Å². The van der Waals surface area contributed by atoms with Gasteiger partial charge in [-0.25, -0.2) is 0 Å². The predicted molar refractivity (Wildman–Crippen MR) is 94.2 cm³/mol. The summed E-state index contributed by atoms with van der Waals surface area (Å²) >= 11 is 9.63. The number of benzene rings is 1. The maximum Gasteiger partial charge on any atom is 0.101 e. The lowest BCUT2D eigenvalue weighted by Crippen LogP contribution is -2.12. The van der Waals surface area contributed by atoms with Crippen molar-refractivity contribution in [1.29, 1.82) is 5.26 Å². The SMILES string of the molecule is C[C@@H](Cn1ccc(-c2ccc(C#N)c(Cl)c2)n1)n1cccc1Br. The molecule has 0 fully saturated rings. The highest BCUT2D eigenvalue weighted by molar-refractivity contribution is 9.10. The third kappa shape index (κ3) is 3.34. The second-order valence-corrected chi connectivity index (χ2v) is 6.54. The lowest BCUT2D eigenvalue weighted by molar-refractivity contribution is 0.434. The molecule has 0 aliphatic carbocycles. The van der Waals surface area contributed by atoms with Gasteiger partial charge in [0.2, 0.25) is 0 Å². The average molecular weight is 390 g/mol. The van der Waals surface area contributed by atoms with Gasteiger partial charge in [-0.3, -0.25) is 4.68 Å². The van der Waals surface area contributed by atoms with Crippen LogP contribution in [0.2, 0.25) is 5.02 Å². The number of hydrogen-bond acceptors (Lipinski definition) is 2. The van der Waals surface area contributed by atoms with Crippen LogP contribution in [0.4, 0.5) is 0 Å². The van der Waals surface area contributed by atoms with Crippen molar-refractivity contribution in [3.63, 3.8) is 0 Å². The number of hydrogen-bond donors (Lipinski definition) is 0. The van der Waals surface area contributed by atoms with Crippen molar-refractivity contribution in [2.24, 2.45) is 0 Å². The molecule has 6 heteroatoms. The minimum Gasteiger partial charge on any atom is -0.338 e. The van der Waals surface area contributed by atoms with Crippen LogP contribution in [-0.4, -0.2) is 14.3 Å². The van der Waals surface area contributed by atoms with Gasteiger partial charge in [0.15, 0.2) is 0 Å². The van der Waals surface area contributed by atoms with Gasteiger partial charge in [0, 0.05) is 18.0 Å². The number of nitriles is 1. The van der Waals surface area contributed by atoms with Gasteiger partial charge in [0.05, 0.1) is 33.5 Å². The minimum atomic E-state index is 0.275. The topological polar surface area (TPSA) is 46.5 Å². The quantitative estimate of drug-likeness (QED) is 0.637. The average Bonchev–Trinajstić information content (AvgIpc) is 3.16. The third-order valence-electron chi connectivity index (χ3n) is 3.68. The van der Waals surface area contributed by atoms with Crippen LogP contribution in [0.25, 0.3) is 11.3 Å². The van der Waals surface area contributed by atoms with Gasteiger partial charge in [-0.1, -0.05) is 17.7 Å². The molecule has 0 spiro atoms. The van der Waals surface area contributed by atoms with Crippen molar-refractivity contribution in [2.75, 3.05) is 0 Å². The Hall–Kier alpha value is -2.03. The van der Waals surface area contributed by atoms with Crippen LogP contribution in [0.1, 0.15) is 18.5 Å². The summed E-state index contributed by atoms with van der Waals surface area (Å²) in [5, 5.41) is 14.0. The van der Waals surface area contributed by atoms with Gasteiger partial charge >= 0.3 is 0 Å². The molecule has 2 aromatic heterocycles. The molecular formula is C17H14BrClN4. The van der Waals surface area contributed by atoms with Crippen LogP contribution in [0.3, 0.4) is 0 Å². The minimum absolute atomic E-state index is 0.275. The fourth-order valence-corrected chi connectivity index (χ4v) is 3.31. The number of nitrogens with zero attached hydrogens (tertiary/aromatic N) is 4. The standard InChI is InChI=1S/C17H14BrClN4/c1-12(23-7-2-3-17(23)18)11-22-8-6-16(21-22)13-4-5-14(10-20)15(19)9-13/h2-9,12H,11H2,1H3/t12-/m0/s1. The first-order valence-electron chi connectivity index (χ1n) is 7.14. The van der Waals surface area contributed by atoms with Gasteiger partial charge < -0.3 is 4.57 Å². The monoisotopic (exact) mass is 388 g/mol. The van der Waals surface area contributed by atoms with Gasteiger partial charge in [0.1, 0.15) is 6.07 Å². The van der Waals surface area contributed by atoms with Crippen LogP contribution < -0.4 is 0 Å². The van der Waals surface area contributed by atoms with Crippen molar-refractivity contribution in [2.45, 2.75) is 19.5 Å². The molecule has 2 heterocycles. The highest BCUT2D eigenvalue weighted by atomic mass is 79.9. The van der Waals surface area contributed by atoms with E-state index in [9.17, 15) is 0 Å². The Morgan fingerprint density at radius 3 is 2.78 bits per heavy atom. The normalized spacial score (nSPS) is 12.1. The molecule has 0 saturated carbocycles. The van der Waals surface area contributed by atoms with Gasteiger partial charge in [0.25, 0.3) is 0 Å². The van der Waals surface area contributed by atoms with Gasteiger partial charge in [-0.05, 0) is 53.2 Å². The van der Waals surface area contributed by atoms with E-state index >= 15 is 0 Å². The zero-order valence-corrected chi connectivity index (χ0v) is 14.8. The maximum absolute atomic E-state index is 8.94. The fourth-order valence-electron chi connectivity index (χ4n) is 2.47.